The molecular formula is C33H40ClN7O4. The number of nitrogens with two attached hydrogens (primary N) is 1. The highest BCUT2D eigenvalue weighted by Gasteiger charge is 2.28. The molecule has 1 aliphatic rings. The van der Waals surface area contributed by atoms with Gasteiger partial charge in [-0.15, -0.1) is 12.4 Å². The van der Waals surface area contributed by atoms with Crippen LogP contribution in [-0.2, 0) is 20.8 Å². The third-order valence-electron chi connectivity index (χ3n) is 7.92. The monoisotopic (exact) mass is 633 g/mol. The molecular weight excluding hydrogens is 594 g/mol. The van der Waals surface area contributed by atoms with Crippen LogP contribution in [0.1, 0.15) is 34.1 Å². The van der Waals surface area contributed by atoms with Gasteiger partial charge in [-0.3, -0.25) is 9.48 Å². The molecule has 6 rings (SSSR count). The number of ether oxygens (including phenoxy) is 2. The van der Waals surface area contributed by atoms with E-state index >= 15 is 0 Å². The van der Waals surface area contributed by atoms with Crippen LogP contribution in [0.25, 0.3) is 39.5 Å². The molecule has 1 aliphatic heterocycles. The number of benzene rings is 1. The number of carbonyl (C=O) groups excluding carboxylic acids is 1. The zero-order chi connectivity index (χ0) is 30.8. The Hall–Kier alpha value is -4.19. The van der Waals surface area contributed by atoms with Gasteiger partial charge in [0.2, 0.25) is 0 Å². The summed E-state index contributed by atoms with van der Waals surface area (Å²) in [5.41, 5.74) is 10.4. The number of rotatable bonds is 10. The Labute approximate surface area is 268 Å². The number of aryl methyl sites for hydroxylation is 1. The maximum absolute atomic E-state index is 12.4. The Bertz CT molecular complexity index is 1740. The van der Waals surface area contributed by atoms with Crippen LogP contribution in [0.3, 0.4) is 0 Å². The van der Waals surface area contributed by atoms with E-state index in [1.54, 1.807) is 10.9 Å². The number of pyridine rings is 1. The van der Waals surface area contributed by atoms with Crippen molar-refractivity contribution in [3.8, 4) is 28.4 Å². The van der Waals surface area contributed by atoms with Crippen LogP contribution in [0.5, 0.6) is 0 Å². The lowest BCUT2D eigenvalue weighted by Crippen LogP contribution is -2.42. The molecule has 45 heavy (non-hydrogen) atoms. The van der Waals surface area contributed by atoms with Crippen LogP contribution >= 0.6 is 12.4 Å². The van der Waals surface area contributed by atoms with E-state index < -0.39 is 11.6 Å². The lowest BCUT2D eigenvalue weighted by molar-refractivity contribution is -0.160. The molecule has 238 valence electrons. The average Bonchev–Trinajstić information content (AvgIpc) is 3.79. The summed E-state index contributed by atoms with van der Waals surface area (Å²) in [6.45, 7) is 10.9. The van der Waals surface area contributed by atoms with Crippen molar-refractivity contribution >= 4 is 35.2 Å². The summed E-state index contributed by atoms with van der Waals surface area (Å²) in [5.74, 6) is 1.00. The number of hydrogen-bond acceptors (Lipinski definition) is 9. The number of nitrogens with zero attached hydrogens (tertiary/aromatic N) is 6. The highest BCUT2D eigenvalue weighted by Crippen LogP contribution is 2.35. The molecule has 0 amide bonds. The molecule has 0 radical (unpaired) electrons. The Kier molecular flexibility index (Phi) is 9.62. The van der Waals surface area contributed by atoms with Gasteiger partial charge >= 0.3 is 5.97 Å². The first kappa shape index (κ1) is 32.2. The molecule has 0 aliphatic carbocycles. The third-order valence-corrected chi connectivity index (χ3v) is 7.92. The predicted octanol–water partition coefficient (Wildman–Crippen LogP) is 5.50. The fourth-order valence-electron chi connectivity index (χ4n) is 5.17. The van der Waals surface area contributed by atoms with Gasteiger partial charge in [0.25, 0.3) is 0 Å². The second kappa shape index (κ2) is 13.4. The SMILES string of the molecule is CC(C)[C@H](N)C(=O)OC(C)(C)CCn1cc(-c2cc3nc(-n4ccc(-c5ccccc5)n4)cc(N4CCOCC4)c3o2)cn1.Cl. The molecule has 11 nitrogen and oxygen atoms in total. The molecule has 1 atom stereocenters. The topological polar surface area (TPSA) is 126 Å². The van der Waals surface area contributed by atoms with Crippen LogP contribution < -0.4 is 10.6 Å². The van der Waals surface area contributed by atoms with Crippen LogP contribution in [0, 0.1) is 5.92 Å². The number of hydrogen-bond donors (Lipinski definition) is 1. The summed E-state index contributed by atoms with van der Waals surface area (Å²) in [5, 5.41) is 9.36. The van der Waals surface area contributed by atoms with Gasteiger partial charge in [-0.25, -0.2) is 9.67 Å². The largest absolute Gasteiger partial charge is 0.458 e. The van der Waals surface area contributed by atoms with E-state index in [1.165, 1.54) is 0 Å². The quantitative estimate of drug-likeness (QED) is 0.198. The molecule has 1 fully saturated rings. The number of morpholine rings is 1. The first-order valence-electron chi connectivity index (χ1n) is 15.1. The van der Waals surface area contributed by atoms with Crippen molar-refractivity contribution in [3.05, 3.63) is 67.1 Å². The first-order chi connectivity index (χ1) is 21.2. The number of fused-ring (bicyclic) bond motifs is 1. The molecule has 0 unspecified atom stereocenters. The van der Waals surface area contributed by atoms with Crippen LogP contribution in [0.15, 0.2) is 71.5 Å². The van der Waals surface area contributed by atoms with Crippen molar-refractivity contribution in [1.29, 1.82) is 0 Å². The van der Waals surface area contributed by atoms with Gasteiger partial charge in [0.15, 0.2) is 11.4 Å². The molecule has 2 N–H and O–H groups in total. The van der Waals surface area contributed by atoms with E-state index in [9.17, 15) is 4.79 Å². The van der Waals surface area contributed by atoms with Crippen molar-refractivity contribution in [2.24, 2.45) is 11.7 Å². The standard InChI is InChI=1S/C33H39N7O4.ClH/c1-22(2)30(34)32(41)44-33(3,4)11-13-39-21-24(20-35-39)28-18-26-31(43-28)27(38-14-16-42-17-15-38)19-29(36-26)40-12-10-25(37-40)23-8-6-5-7-9-23;/h5-10,12,18-22,30H,11,13-17,34H2,1-4H3;1H/t30-;/m0./s1. The van der Waals surface area contributed by atoms with E-state index in [1.807, 2.05) is 93.3 Å². The highest BCUT2D eigenvalue weighted by atomic mass is 35.5. The maximum atomic E-state index is 12.4. The second-order valence-corrected chi connectivity index (χ2v) is 12.1. The average molecular weight is 634 g/mol. The minimum Gasteiger partial charge on any atom is -0.458 e. The number of carbonyl (C=O) groups is 1. The highest BCUT2D eigenvalue weighted by molar-refractivity contribution is 5.91. The molecule has 5 aromatic rings. The smallest absolute Gasteiger partial charge is 0.323 e. The summed E-state index contributed by atoms with van der Waals surface area (Å²) < 4.78 is 21.4. The molecule has 5 heterocycles. The molecule has 0 saturated carbocycles. The summed E-state index contributed by atoms with van der Waals surface area (Å²) >= 11 is 0. The molecule has 0 bridgehead atoms. The van der Waals surface area contributed by atoms with Gasteiger partial charge < -0.3 is 24.5 Å². The van der Waals surface area contributed by atoms with Crippen LogP contribution in [-0.4, -0.2) is 68.5 Å². The maximum Gasteiger partial charge on any atom is 0.323 e. The lowest BCUT2D eigenvalue weighted by atomic mass is 10.0. The van der Waals surface area contributed by atoms with E-state index in [2.05, 4.69) is 10.00 Å². The number of halogens is 1. The fourth-order valence-corrected chi connectivity index (χ4v) is 5.17. The van der Waals surface area contributed by atoms with E-state index in [0.29, 0.717) is 43.3 Å². The van der Waals surface area contributed by atoms with Gasteiger partial charge in [0.1, 0.15) is 22.9 Å². The molecule has 1 aromatic carbocycles. The Balaban J connectivity index is 0.00000400. The Morgan fingerprint density at radius 3 is 2.58 bits per heavy atom. The minimum absolute atomic E-state index is 0. The first-order valence-corrected chi connectivity index (χ1v) is 15.1. The third kappa shape index (κ3) is 7.22. The van der Waals surface area contributed by atoms with Crippen molar-refractivity contribution in [2.75, 3.05) is 31.2 Å². The Morgan fingerprint density at radius 2 is 1.84 bits per heavy atom. The normalized spacial score (nSPS) is 14.5. The summed E-state index contributed by atoms with van der Waals surface area (Å²) in [6.07, 6.45) is 6.22. The van der Waals surface area contributed by atoms with E-state index in [-0.39, 0.29) is 24.3 Å². The van der Waals surface area contributed by atoms with Crippen LogP contribution in [0.2, 0.25) is 0 Å². The zero-order valence-corrected chi connectivity index (χ0v) is 26.9. The second-order valence-electron chi connectivity index (χ2n) is 12.1. The minimum atomic E-state index is -0.685. The van der Waals surface area contributed by atoms with Gasteiger partial charge in [0.05, 0.1) is 36.4 Å². The predicted molar refractivity (Wildman–Crippen MR) is 176 cm³/mol. The van der Waals surface area contributed by atoms with Crippen molar-refractivity contribution in [1.82, 2.24) is 24.5 Å². The molecule has 0 spiro atoms. The van der Waals surface area contributed by atoms with E-state index in [0.717, 1.165) is 41.1 Å². The Morgan fingerprint density at radius 1 is 1.09 bits per heavy atom. The summed E-state index contributed by atoms with van der Waals surface area (Å²) in [4.78, 5) is 19.6. The van der Waals surface area contributed by atoms with Gasteiger partial charge in [-0.2, -0.15) is 10.2 Å². The number of esters is 1. The molecule has 12 heteroatoms. The molecule has 1 saturated heterocycles. The van der Waals surface area contributed by atoms with Crippen LogP contribution in [0.4, 0.5) is 5.69 Å². The molecule has 4 aromatic heterocycles. The van der Waals surface area contributed by atoms with Crippen molar-refractivity contribution in [2.45, 2.75) is 52.3 Å². The van der Waals surface area contributed by atoms with Crippen molar-refractivity contribution < 1.29 is 18.7 Å². The zero-order valence-electron chi connectivity index (χ0n) is 26.1. The van der Waals surface area contributed by atoms with Crippen molar-refractivity contribution in [3.63, 3.8) is 0 Å². The van der Waals surface area contributed by atoms with Gasteiger partial charge in [-0.1, -0.05) is 44.2 Å². The van der Waals surface area contributed by atoms with E-state index in [4.69, 9.17) is 29.7 Å². The summed E-state index contributed by atoms with van der Waals surface area (Å²) in [7, 11) is 0. The lowest BCUT2D eigenvalue weighted by Gasteiger charge is -2.28. The van der Waals surface area contributed by atoms with Gasteiger partial charge in [-0.05, 0) is 25.8 Å². The number of furan rings is 1. The van der Waals surface area contributed by atoms with Gasteiger partial charge in [0, 0.05) is 56.1 Å². The summed E-state index contributed by atoms with van der Waals surface area (Å²) in [6, 6.07) is 15.4. The number of anilines is 1. The fraction of sp³-hybridized carbons (Fsp3) is 0.394. The number of aromatic nitrogens is 5.